The van der Waals surface area contributed by atoms with Crippen molar-refractivity contribution in [1.29, 1.82) is 0 Å². The Morgan fingerprint density at radius 1 is 1.25 bits per heavy atom. The van der Waals surface area contributed by atoms with Crippen molar-refractivity contribution in [1.82, 2.24) is 20.1 Å². The first-order chi connectivity index (χ1) is 9.83. The summed E-state index contributed by atoms with van der Waals surface area (Å²) >= 11 is 0. The van der Waals surface area contributed by atoms with E-state index in [2.05, 4.69) is 27.5 Å². The molecule has 6 nitrogen and oxygen atoms in total. The number of benzene rings is 1. The van der Waals surface area contributed by atoms with Crippen molar-refractivity contribution in [2.45, 2.75) is 13.0 Å². The highest BCUT2D eigenvalue weighted by Crippen LogP contribution is 2.30. The molecule has 0 saturated heterocycles. The van der Waals surface area contributed by atoms with Crippen molar-refractivity contribution in [2.24, 2.45) is 7.05 Å². The van der Waals surface area contributed by atoms with Crippen molar-refractivity contribution in [3.05, 3.63) is 35.9 Å². The zero-order valence-electron chi connectivity index (χ0n) is 11.5. The van der Waals surface area contributed by atoms with Crippen molar-refractivity contribution in [3.63, 3.8) is 0 Å². The van der Waals surface area contributed by atoms with E-state index in [-0.39, 0.29) is 0 Å². The number of aryl methyl sites for hydroxylation is 1. The highest BCUT2D eigenvalue weighted by atomic mass is 16.6. The van der Waals surface area contributed by atoms with Crippen LogP contribution in [0.25, 0.3) is 0 Å². The van der Waals surface area contributed by atoms with E-state index in [1.165, 1.54) is 5.56 Å². The van der Waals surface area contributed by atoms with Crippen molar-refractivity contribution >= 4 is 0 Å². The molecule has 1 aliphatic heterocycles. The molecule has 1 N–H and O–H groups in total. The van der Waals surface area contributed by atoms with E-state index in [4.69, 9.17) is 9.47 Å². The second-order valence-electron chi connectivity index (χ2n) is 4.70. The van der Waals surface area contributed by atoms with Gasteiger partial charge in [0.15, 0.2) is 11.5 Å². The van der Waals surface area contributed by atoms with Crippen LogP contribution in [-0.2, 0) is 20.0 Å². The normalized spacial score (nSPS) is 13.4. The fourth-order valence-corrected chi connectivity index (χ4v) is 2.16. The maximum absolute atomic E-state index is 5.58. The van der Waals surface area contributed by atoms with Crippen LogP contribution in [0.4, 0.5) is 0 Å². The fourth-order valence-electron chi connectivity index (χ4n) is 2.16. The Hall–Kier alpha value is -2.08. The lowest BCUT2D eigenvalue weighted by atomic mass is 10.1. The van der Waals surface area contributed by atoms with Crippen LogP contribution in [0.15, 0.2) is 24.5 Å². The van der Waals surface area contributed by atoms with E-state index in [1.54, 1.807) is 11.0 Å². The SMILES string of the molecule is Cn1ncnc1CNCCc1ccc2c(c1)OCCO2. The lowest BCUT2D eigenvalue weighted by Gasteiger charge is -2.18. The summed E-state index contributed by atoms with van der Waals surface area (Å²) in [5.41, 5.74) is 1.24. The molecule has 1 aliphatic rings. The molecule has 0 bridgehead atoms. The number of hydrogen-bond acceptors (Lipinski definition) is 5. The van der Waals surface area contributed by atoms with Crippen LogP contribution >= 0.6 is 0 Å². The highest BCUT2D eigenvalue weighted by molar-refractivity contribution is 5.43. The van der Waals surface area contributed by atoms with Gasteiger partial charge in [0.2, 0.25) is 0 Å². The maximum atomic E-state index is 5.58. The third kappa shape index (κ3) is 2.91. The van der Waals surface area contributed by atoms with Crippen LogP contribution in [0.5, 0.6) is 11.5 Å². The van der Waals surface area contributed by atoms with E-state index in [9.17, 15) is 0 Å². The zero-order valence-corrected chi connectivity index (χ0v) is 11.5. The first kappa shape index (κ1) is 12.9. The van der Waals surface area contributed by atoms with Gasteiger partial charge in [-0.1, -0.05) is 6.07 Å². The number of aromatic nitrogens is 3. The van der Waals surface area contributed by atoms with Crippen LogP contribution < -0.4 is 14.8 Å². The van der Waals surface area contributed by atoms with Crippen LogP contribution in [0.2, 0.25) is 0 Å². The van der Waals surface area contributed by atoms with Gasteiger partial charge in [0.25, 0.3) is 0 Å². The second-order valence-corrected chi connectivity index (χ2v) is 4.70. The number of nitrogens with one attached hydrogen (secondary N) is 1. The van der Waals surface area contributed by atoms with Gasteiger partial charge in [0.05, 0.1) is 6.54 Å². The predicted octanol–water partition coefficient (Wildman–Crippen LogP) is 0.919. The Bertz CT molecular complexity index is 582. The highest BCUT2D eigenvalue weighted by Gasteiger charge is 2.11. The predicted molar refractivity (Wildman–Crippen MR) is 73.8 cm³/mol. The molecule has 0 atom stereocenters. The Morgan fingerprint density at radius 3 is 2.90 bits per heavy atom. The monoisotopic (exact) mass is 274 g/mol. The molecule has 6 heteroatoms. The average molecular weight is 274 g/mol. The van der Waals surface area contributed by atoms with Gasteiger partial charge in [0.1, 0.15) is 25.4 Å². The zero-order chi connectivity index (χ0) is 13.8. The van der Waals surface area contributed by atoms with Gasteiger partial charge in [-0.25, -0.2) is 4.98 Å². The number of nitrogens with zero attached hydrogens (tertiary/aromatic N) is 3. The summed E-state index contributed by atoms with van der Waals surface area (Å²) in [5.74, 6) is 2.63. The van der Waals surface area contributed by atoms with Gasteiger partial charge in [-0.3, -0.25) is 4.68 Å². The molecule has 2 heterocycles. The van der Waals surface area contributed by atoms with Crippen LogP contribution in [-0.4, -0.2) is 34.5 Å². The molecule has 0 amide bonds. The molecule has 0 aliphatic carbocycles. The molecule has 20 heavy (non-hydrogen) atoms. The molecule has 0 spiro atoms. The molecule has 1 aromatic heterocycles. The maximum Gasteiger partial charge on any atom is 0.161 e. The minimum absolute atomic E-state index is 0.626. The van der Waals surface area contributed by atoms with E-state index in [0.717, 1.165) is 36.8 Å². The van der Waals surface area contributed by atoms with Crippen molar-refractivity contribution in [2.75, 3.05) is 19.8 Å². The molecular formula is C14H18N4O2. The van der Waals surface area contributed by atoms with Gasteiger partial charge in [0, 0.05) is 7.05 Å². The second kappa shape index (κ2) is 5.92. The molecule has 0 fully saturated rings. The lowest BCUT2D eigenvalue weighted by Crippen LogP contribution is -2.19. The van der Waals surface area contributed by atoms with Gasteiger partial charge in [-0.15, -0.1) is 0 Å². The van der Waals surface area contributed by atoms with Crippen molar-refractivity contribution < 1.29 is 9.47 Å². The molecule has 3 rings (SSSR count). The van der Waals surface area contributed by atoms with Crippen molar-refractivity contribution in [3.8, 4) is 11.5 Å². The standard InChI is InChI=1S/C14H18N4O2/c1-18-14(16-10-17-18)9-15-5-4-11-2-3-12-13(8-11)20-7-6-19-12/h2-3,8,10,15H,4-7,9H2,1H3. The quantitative estimate of drug-likeness (QED) is 0.822. The van der Waals surface area contributed by atoms with Crippen LogP contribution in [0.3, 0.4) is 0 Å². The van der Waals surface area contributed by atoms with Gasteiger partial charge >= 0.3 is 0 Å². The van der Waals surface area contributed by atoms with Gasteiger partial charge in [-0.05, 0) is 30.7 Å². The minimum atomic E-state index is 0.626. The largest absolute Gasteiger partial charge is 0.486 e. The summed E-state index contributed by atoms with van der Waals surface area (Å²) < 4.78 is 12.9. The Morgan fingerprint density at radius 2 is 2.10 bits per heavy atom. The molecule has 1 aromatic carbocycles. The Kier molecular flexibility index (Phi) is 3.83. The van der Waals surface area contributed by atoms with E-state index in [1.807, 2.05) is 13.1 Å². The summed E-state index contributed by atoms with van der Waals surface area (Å²) in [6, 6.07) is 6.11. The summed E-state index contributed by atoms with van der Waals surface area (Å²) in [7, 11) is 1.89. The number of hydrogen-bond donors (Lipinski definition) is 1. The minimum Gasteiger partial charge on any atom is -0.486 e. The molecule has 0 unspecified atom stereocenters. The summed E-state index contributed by atoms with van der Waals surface area (Å²) in [6.07, 6.45) is 2.51. The topological polar surface area (TPSA) is 61.2 Å². The molecule has 2 aromatic rings. The van der Waals surface area contributed by atoms with Crippen LogP contribution in [0, 0.1) is 0 Å². The summed E-state index contributed by atoms with van der Waals surface area (Å²) in [5, 5.41) is 7.40. The fraction of sp³-hybridized carbons (Fsp3) is 0.429. The molecule has 106 valence electrons. The molecule has 0 radical (unpaired) electrons. The third-order valence-corrected chi connectivity index (χ3v) is 3.29. The number of rotatable bonds is 5. The van der Waals surface area contributed by atoms with Gasteiger partial charge < -0.3 is 14.8 Å². The van der Waals surface area contributed by atoms with Crippen LogP contribution in [0.1, 0.15) is 11.4 Å². The number of fused-ring (bicyclic) bond motifs is 1. The smallest absolute Gasteiger partial charge is 0.161 e. The summed E-state index contributed by atoms with van der Waals surface area (Å²) in [4.78, 5) is 4.17. The van der Waals surface area contributed by atoms with Gasteiger partial charge in [-0.2, -0.15) is 5.10 Å². The average Bonchev–Trinajstić information content (AvgIpc) is 2.89. The molecule has 0 saturated carbocycles. The Labute approximate surface area is 117 Å². The first-order valence-corrected chi connectivity index (χ1v) is 6.75. The lowest BCUT2D eigenvalue weighted by molar-refractivity contribution is 0.171. The van der Waals surface area contributed by atoms with E-state index in [0.29, 0.717) is 13.2 Å². The van der Waals surface area contributed by atoms with E-state index >= 15 is 0 Å². The molecular weight excluding hydrogens is 256 g/mol. The van der Waals surface area contributed by atoms with E-state index < -0.39 is 0 Å². The Balaban J connectivity index is 1.50. The summed E-state index contributed by atoms with van der Waals surface area (Å²) in [6.45, 7) is 2.86. The number of ether oxygens (including phenoxy) is 2. The third-order valence-electron chi connectivity index (χ3n) is 3.29. The first-order valence-electron chi connectivity index (χ1n) is 6.75.